The quantitative estimate of drug-likeness (QED) is 0.281. The third kappa shape index (κ3) is 5.04. The molecule has 196 valence electrons. The number of hydrogen-bond donors (Lipinski definition) is 0. The van der Waals surface area contributed by atoms with Crippen LogP contribution >= 0.6 is 0 Å². The molecule has 1 fully saturated rings. The average molecular weight is 512 g/mol. The molecule has 5 rings (SSSR count). The summed E-state index contributed by atoms with van der Waals surface area (Å²) in [7, 11) is 2.09. The van der Waals surface area contributed by atoms with Crippen molar-refractivity contribution in [3.8, 4) is 0 Å². The van der Waals surface area contributed by atoms with E-state index in [2.05, 4.69) is 71.2 Å². The number of nitro groups is 1. The molecule has 0 bridgehead atoms. The minimum atomic E-state index is -0.374. The van der Waals surface area contributed by atoms with Gasteiger partial charge in [0.05, 0.1) is 30.6 Å². The van der Waals surface area contributed by atoms with E-state index < -0.39 is 0 Å². The van der Waals surface area contributed by atoms with Crippen LogP contribution in [0.25, 0.3) is 6.08 Å². The van der Waals surface area contributed by atoms with Crippen LogP contribution < -0.4 is 4.90 Å². The summed E-state index contributed by atoms with van der Waals surface area (Å²) in [6, 6.07) is 15.2. The van der Waals surface area contributed by atoms with E-state index in [0.717, 1.165) is 37.1 Å². The average Bonchev–Trinajstić information content (AvgIpc) is 3.40. The molecule has 0 N–H and O–H groups in total. The maximum atomic E-state index is 11.0. The zero-order valence-electron chi connectivity index (χ0n) is 22.1. The number of rotatable bonds is 6. The molecular weight excluding hydrogens is 478 g/mol. The van der Waals surface area contributed by atoms with Gasteiger partial charge in [0.25, 0.3) is 5.69 Å². The van der Waals surface area contributed by atoms with Gasteiger partial charge in [-0.05, 0) is 65.5 Å². The molecule has 2 aliphatic heterocycles. The first-order valence-electron chi connectivity index (χ1n) is 13.0. The van der Waals surface area contributed by atoms with Crippen molar-refractivity contribution in [3.05, 3.63) is 98.4 Å². The predicted molar refractivity (Wildman–Crippen MR) is 153 cm³/mol. The molecule has 38 heavy (non-hydrogen) atoms. The van der Waals surface area contributed by atoms with Crippen LogP contribution in [0.1, 0.15) is 37.8 Å². The van der Waals surface area contributed by atoms with Crippen LogP contribution in [0.15, 0.2) is 87.4 Å². The number of benzene rings is 2. The van der Waals surface area contributed by atoms with Crippen LogP contribution in [0, 0.1) is 10.1 Å². The van der Waals surface area contributed by atoms with E-state index in [0.29, 0.717) is 13.2 Å². The van der Waals surface area contributed by atoms with E-state index in [1.54, 1.807) is 30.5 Å². The summed E-state index contributed by atoms with van der Waals surface area (Å²) in [6.45, 7) is 7.49. The number of nitrogens with zero attached hydrogens (tertiary/aromatic N) is 5. The van der Waals surface area contributed by atoms with Crippen LogP contribution in [0.3, 0.4) is 0 Å². The van der Waals surface area contributed by atoms with E-state index in [1.807, 2.05) is 12.3 Å². The van der Waals surface area contributed by atoms with Gasteiger partial charge in [-0.2, -0.15) is 10.2 Å². The lowest BCUT2D eigenvalue weighted by molar-refractivity contribution is -0.384. The second-order valence-corrected chi connectivity index (χ2v) is 10.3. The molecule has 1 aliphatic carbocycles. The molecule has 0 amide bonds. The maximum absolute atomic E-state index is 11.0. The molecule has 8 heteroatoms. The van der Waals surface area contributed by atoms with E-state index in [9.17, 15) is 10.1 Å². The van der Waals surface area contributed by atoms with Gasteiger partial charge in [-0.1, -0.05) is 32.0 Å². The molecule has 0 spiro atoms. The smallest absolute Gasteiger partial charge is 0.269 e. The minimum Gasteiger partial charge on any atom is -0.378 e. The lowest BCUT2D eigenvalue weighted by Gasteiger charge is -2.31. The monoisotopic (exact) mass is 511 g/mol. The topological polar surface area (TPSA) is 83.6 Å². The van der Waals surface area contributed by atoms with Crippen LogP contribution in [0.4, 0.5) is 11.4 Å². The number of nitro benzene ring substituents is 1. The summed E-state index contributed by atoms with van der Waals surface area (Å²) in [5.74, 6) is 0. The number of para-hydroxylation sites is 1. The second-order valence-electron chi connectivity index (χ2n) is 10.3. The van der Waals surface area contributed by atoms with Crippen molar-refractivity contribution in [2.75, 3.05) is 38.3 Å². The molecule has 0 atom stereocenters. The second kappa shape index (κ2) is 10.8. The summed E-state index contributed by atoms with van der Waals surface area (Å²) >= 11 is 0. The largest absolute Gasteiger partial charge is 0.378 e. The van der Waals surface area contributed by atoms with Gasteiger partial charge < -0.3 is 14.5 Å². The molecule has 0 saturated carbocycles. The van der Waals surface area contributed by atoms with Gasteiger partial charge in [0, 0.05) is 54.8 Å². The Labute approximate surface area is 223 Å². The number of anilines is 1. The fraction of sp³-hybridized carbons (Fsp3) is 0.333. The highest BCUT2D eigenvalue weighted by molar-refractivity contribution is 5.85. The fourth-order valence-electron chi connectivity index (χ4n) is 5.61. The fourth-order valence-corrected chi connectivity index (χ4v) is 5.61. The lowest BCUT2D eigenvalue weighted by atomic mass is 9.84. The van der Waals surface area contributed by atoms with Gasteiger partial charge in [-0.25, -0.2) is 0 Å². The first-order valence-corrected chi connectivity index (χ1v) is 13.0. The Kier molecular flexibility index (Phi) is 7.24. The van der Waals surface area contributed by atoms with E-state index in [4.69, 9.17) is 4.74 Å². The number of morpholine rings is 1. The van der Waals surface area contributed by atoms with Gasteiger partial charge in [-0.3, -0.25) is 10.1 Å². The molecule has 0 radical (unpaired) electrons. The Balaban J connectivity index is 1.38. The van der Waals surface area contributed by atoms with Crippen LogP contribution in [-0.4, -0.2) is 55.6 Å². The first kappa shape index (κ1) is 25.6. The van der Waals surface area contributed by atoms with Crippen molar-refractivity contribution in [2.24, 2.45) is 10.2 Å². The maximum Gasteiger partial charge on any atom is 0.269 e. The molecule has 2 heterocycles. The van der Waals surface area contributed by atoms with E-state index in [1.165, 1.54) is 28.2 Å². The molecule has 1 saturated heterocycles. The van der Waals surface area contributed by atoms with Gasteiger partial charge >= 0.3 is 0 Å². The number of fused-ring (bicyclic) bond motifs is 1. The summed E-state index contributed by atoms with van der Waals surface area (Å²) in [5, 5.41) is 19.8. The van der Waals surface area contributed by atoms with E-state index in [-0.39, 0.29) is 16.0 Å². The predicted octanol–water partition coefficient (Wildman–Crippen LogP) is 5.73. The molecule has 8 nitrogen and oxygen atoms in total. The molecule has 2 aromatic rings. The van der Waals surface area contributed by atoms with E-state index >= 15 is 0 Å². The van der Waals surface area contributed by atoms with Crippen molar-refractivity contribution in [1.82, 2.24) is 4.90 Å². The van der Waals surface area contributed by atoms with Crippen LogP contribution in [0.5, 0.6) is 0 Å². The highest BCUT2D eigenvalue weighted by Crippen LogP contribution is 2.46. The summed E-state index contributed by atoms with van der Waals surface area (Å²) < 4.78 is 5.58. The Morgan fingerprint density at radius 1 is 1.03 bits per heavy atom. The summed E-state index contributed by atoms with van der Waals surface area (Å²) in [6.07, 6.45) is 9.57. The Hall–Kier alpha value is -4.04. The Morgan fingerprint density at radius 2 is 1.76 bits per heavy atom. The first-order chi connectivity index (χ1) is 18.4. The van der Waals surface area contributed by atoms with Gasteiger partial charge in [0.1, 0.15) is 0 Å². The molecule has 2 aromatic carbocycles. The third-order valence-electron chi connectivity index (χ3n) is 7.56. The highest BCUT2D eigenvalue weighted by atomic mass is 16.6. The SMILES string of the molecule is CN1/C(=C/C=N/N=C/C2=C(N3CCOCC3)C(=C/c3ccc([N+](=O)[O-])cc3)/CC2)C(C)(C)c2ccccc21. The lowest BCUT2D eigenvalue weighted by Crippen LogP contribution is -2.36. The Morgan fingerprint density at radius 3 is 2.47 bits per heavy atom. The number of ether oxygens (including phenoxy) is 1. The normalized spacial score (nSPS) is 21.4. The summed E-state index contributed by atoms with van der Waals surface area (Å²) in [4.78, 5) is 15.2. The number of allylic oxidation sites excluding steroid dienone is 4. The molecule has 0 unspecified atom stereocenters. The molecule has 3 aliphatic rings. The van der Waals surface area contributed by atoms with Crippen molar-refractivity contribution in [3.63, 3.8) is 0 Å². The highest BCUT2D eigenvalue weighted by Gasteiger charge is 2.37. The van der Waals surface area contributed by atoms with Gasteiger partial charge in [0.15, 0.2) is 0 Å². The van der Waals surface area contributed by atoms with Crippen molar-refractivity contribution >= 4 is 29.9 Å². The Bertz CT molecular complexity index is 1360. The zero-order valence-corrected chi connectivity index (χ0v) is 22.1. The van der Waals surface area contributed by atoms with Crippen molar-refractivity contribution in [1.29, 1.82) is 0 Å². The van der Waals surface area contributed by atoms with Crippen molar-refractivity contribution < 1.29 is 9.66 Å². The number of hydrogen-bond acceptors (Lipinski definition) is 7. The molecular formula is C30H33N5O3. The molecule has 0 aromatic heterocycles. The van der Waals surface area contributed by atoms with Gasteiger partial charge in [-0.15, -0.1) is 0 Å². The third-order valence-corrected chi connectivity index (χ3v) is 7.56. The van der Waals surface area contributed by atoms with Gasteiger partial charge in [0.2, 0.25) is 0 Å². The summed E-state index contributed by atoms with van der Waals surface area (Å²) in [5.41, 5.74) is 8.19. The van der Waals surface area contributed by atoms with Crippen LogP contribution in [-0.2, 0) is 10.2 Å². The minimum absolute atomic E-state index is 0.0965. The van der Waals surface area contributed by atoms with Crippen molar-refractivity contribution in [2.45, 2.75) is 32.1 Å². The number of non-ortho nitro benzene ring substituents is 1. The van der Waals surface area contributed by atoms with Crippen LogP contribution in [0.2, 0.25) is 0 Å². The zero-order chi connectivity index (χ0) is 26.7. The standard InChI is InChI=1S/C30H33N5O3/c1-30(2)26-6-4-5-7-27(26)33(3)28(30)14-15-31-32-21-24-11-10-23(29(24)34-16-18-38-19-17-34)20-22-8-12-25(13-9-22)35(36)37/h4-9,12-15,20-21H,10-11,16-19H2,1-3H3/b23-20+,28-14+,31-15+,32-21+. The number of likely N-dealkylation sites (N-methyl/N-ethyl adjacent to an activating group) is 1.